The predicted octanol–water partition coefficient (Wildman–Crippen LogP) is 4.22. The summed E-state index contributed by atoms with van der Waals surface area (Å²) in [6, 6.07) is 7.83. The van der Waals surface area contributed by atoms with Crippen molar-refractivity contribution in [1.29, 1.82) is 0 Å². The predicted molar refractivity (Wildman–Crippen MR) is 92.8 cm³/mol. The second kappa shape index (κ2) is 6.03. The zero-order chi connectivity index (χ0) is 16.7. The van der Waals surface area contributed by atoms with Crippen molar-refractivity contribution in [2.24, 2.45) is 11.8 Å². The van der Waals surface area contributed by atoms with Gasteiger partial charge in [0.1, 0.15) is 5.60 Å². The van der Waals surface area contributed by atoms with Gasteiger partial charge in [-0.1, -0.05) is 30.7 Å². The molecule has 3 heteroatoms. The Balaban J connectivity index is 1.50. The Morgan fingerprint density at radius 3 is 2.67 bits per heavy atom. The number of aliphatic hydroxyl groups excluding tert-OH is 1. The fraction of sp³-hybridized carbons (Fsp3) is 0.571. The van der Waals surface area contributed by atoms with Crippen molar-refractivity contribution in [3.8, 4) is 0 Å². The monoisotopic (exact) mass is 326 g/mol. The van der Waals surface area contributed by atoms with E-state index in [1.54, 1.807) is 0 Å². The number of esters is 1. The van der Waals surface area contributed by atoms with E-state index in [1.807, 2.05) is 18.2 Å². The number of carbonyl (C=O) groups excluding carboxylic acids is 1. The van der Waals surface area contributed by atoms with Crippen LogP contribution in [-0.2, 0) is 4.74 Å². The van der Waals surface area contributed by atoms with Crippen molar-refractivity contribution < 1.29 is 14.6 Å². The first-order chi connectivity index (χ1) is 11.6. The molecule has 0 heterocycles. The van der Waals surface area contributed by atoms with Gasteiger partial charge >= 0.3 is 5.97 Å². The van der Waals surface area contributed by atoms with Crippen molar-refractivity contribution in [1.82, 2.24) is 0 Å². The molecule has 3 nitrogen and oxygen atoms in total. The van der Waals surface area contributed by atoms with Crippen LogP contribution in [0.2, 0.25) is 0 Å². The van der Waals surface area contributed by atoms with Crippen LogP contribution < -0.4 is 0 Å². The van der Waals surface area contributed by atoms with Crippen LogP contribution in [0.5, 0.6) is 0 Å². The molecule has 0 aromatic heterocycles. The van der Waals surface area contributed by atoms with Crippen LogP contribution in [0.3, 0.4) is 0 Å². The van der Waals surface area contributed by atoms with E-state index in [0.717, 1.165) is 37.7 Å². The van der Waals surface area contributed by atoms with E-state index in [9.17, 15) is 9.90 Å². The smallest absolute Gasteiger partial charge is 0.338 e. The summed E-state index contributed by atoms with van der Waals surface area (Å²) in [5.41, 5.74) is 1.48. The molecule has 1 aromatic rings. The maximum absolute atomic E-state index is 12.6. The van der Waals surface area contributed by atoms with E-state index in [4.69, 9.17) is 4.74 Å². The second-order valence-corrected chi connectivity index (χ2v) is 7.98. The Morgan fingerprint density at radius 1 is 1.21 bits per heavy atom. The van der Waals surface area contributed by atoms with Gasteiger partial charge in [-0.05, 0) is 62.6 Å². The van der Waals surface area contributed by atoms with Gasteiger partial charge in [0.05, 0.1) is 11.7 Å². The summed E-state index contributed by atoms with van der Waals surface area (Å²) in [6.45, 7) is 2.06. The third-order valence-corrected chi connectivity index (χ3v) is 6.21. The molecule has 0 saturated heterocycles. The van der Waals surface area contributed by atoms with E-state index in [0.29, 0.717) is 11.5 Å². The Morgan fingerprint density at radius 2 is 2.00 bits per heavy atom. The number of fused-ring (bicyclic) bond motifs is 2. The van der Waals surface area contributed by atoms with Crippen molar-refractivity contribution in [2.45, 2.75) is 63.1 Å². The Bertz CT molecular complexity index is 657. The highest BCUT2D eigenvalue weighted by Gasteiger charge is 2.44. The molecule has 0 spiro atoms. The topological polar surface area (TPSA) is 46.5 Å². The van der Waals surface area contributed by atoms with E-state index in [2.05, 4.69) is 25.1 Å². The van der Waals surface area contributed by atoms with Crippen LogP contribution in [0.4, 0.5) is 0 Å². The first-order valence-corrected chi connectivity index (χ1v) is 9.25. The van der Waals surface area contributed by atoms with Gasteiger partial charge in [0, 0.05) is 11.8 Å². The molecule has 2 bridgehead atoms. The molecule has 0 aliphatic heterocycles. The summed E-state index contributed by atoms with van der Waals surface area (Å²) in [4.78, 5) is 12.6. The maximum Gasteiger partial charge on any atom is 0.338 e. The number of ether oxygens (including phenoxy) is 1. The zero-order valence-corrected chi connectivity index (χ0v) is 14.3. The molecule has 4 rings (SSSR count). The van der Waals surface area contributed by atoms with Crippen molar-refractivity contribution in [2.75, 3.05) is 0 Å². The van der Waals surface area contributed by atoms with Crippen molar-refractivity contribution >= 4 is 5.97 Å². The number of carbonyl (C=O) groups is 1. The number of aliphatic hydroxyl groups is 1. The molecule has 128 valence electrons. The molecule has 3 aliphatic carbocycles. The fourth-order valence-electron chi connectivity index (χ4n) is 4.76. The van der Waals surface area contributed by atoms with Gasteiger partial charge in [0.25, 0.3) is 0 Å². The number of benzene rings is 1. The maximum atomic E-state index is 12.6. The van der Waals surface area contributed by atoms with Crippen LogP contribution in [0.1, 0.15) is 67.3 Å². The molecule has 1 N–H and O–H groups in total. The molecule has 4 atom stereocenters. The van der Waals surface area contributed by atoms with Gasteiger partial charge in [-0.25, -0.2) is 4.79 Å². The summed E-state index contributed by atoms with van der Waals surface area (Å²) in [5, 5.41) is 10.2. The lowest BCUT2D eigenvalue weighted by atomic mass is 9.85. The van der Waals surface area contributed by atoms with Gasteiger partial charge in [0.2, 0.25) is 0 Å². The third kappa shape index (κ3) is 2.79. The molecule has 24 heavy (non-hydrogen) atoms. The van der Waals surface area contributed by atoms with Crippen LogP contribution in [0.15, 0.2) is 36.4 Å². The summed E-state index contributed by atoms with van der Waals surface area (Å²) < 4.78 is 5.86. The Hall–Kier alpha value is -1.61. The number of rotatable bonds is 3. The van der Waals surface area contributed by atoms with E-state index < -0.39 is 0 Å². The fourth-order valence-corrected chi connectivity index (χ4v) is 4.76. The number of hydrogen-bond donors (Lipinski definition) is 1. The Labute approximate surface area is 143 Å². The summed E-state index contributed by atoms with van der Waals surface area (Å²) in [6.07, 6.45) is 10.4. The normalized spacial score (nSPS) is 33.6. The van der Waals surface area contributed by atoms with Gasteiger partial charge in [-0.2, -0.15) is 0 Å². The first kappa shape index (κ1) is 15.9. The molecule has 0 radical (unpaired) electrons. The quantitative estimate of drug-likeness (QED) is 0.668. The minimum atomic E-state index is -0.309. The Kier molecular flexibility index (Phi) is 4.00. The lowest BCUT2D eigenvalue weighted by molar-refractivity contribution is -0.0269. The lowest BCUT2D eigenvalue weighted by Crippen LogP contribution is -2.33. The molecule has 1 aromatic carbocycles. The standard InChI is InChI=1S/C21H26O3/c1-21(10-3-2-4-11-21)24-20(23)16-7-5-6-14(12-16)18-13-15-8-9-17(18)19(15)22/h5-9,12,15,17-19,22H,2-4,10-11,13H2,1H3. The zero-order valence-electron chi connectivity index (χ0n) is 14.3. The molecule has 3 aliphatic rings. The molecular weight excluding hydrogens is 300 g/mol. The number of hydrogen-bond acceptors (Lipinski definition) is 3. The van der Waals surface area contributed by atoms with Gasteiger partial charge in [-0.3, -0.25) is 0 Å². The van der Waals surface area contributed by atoms with Crippen molar-refractivity contribution in [3.05, 3.63) is 47.5 Å². The highest BCUT2D eigenvalue weighted by atomic mass is 16.6. The molecule has 2 fully saturated rings. The van der Waals surface area contributed by atoms with Crippen LogP contribution >= 0.6 is 0 Å². The minimum absolute atomic E-state index is 0.192. The second-order valence-electron chi connectivity index (χ2n) is 7.98. The third-order valence-electron chi connectivity index (χ3n) is 6.21. The first-order valence-electron chi connectivity index (χ1n) is 9.25. The SMILES string of the molecule is CC1(OC(=O)c2cccc(C3CC4C=CC3C4O)c2)CCCCC1. The lowest BCUT2D eigenvalue weighted by Gasteiger charge is -2.33. The van der Waals surface area contributed by atoms with E-state index in [1.165, 1.54) is 6.42 Å². The van der Waals surface area contributed by atoms with E-state index >= 15 is 0 Å². The summed E-state index contributed by atoms with van der Waals surface area (Å²) in [5.74, 6) is 0.572. The summed E-state index contributed by atoms with van der Waals surface area (Å²) in [7, 11) is 0. The average molecular weight is 326 g/mol. The van der Waals surface area contributed by atoms with Gasteiger partial charge in [-0.15, -0.1) is 0 Å². The highest BCUT2D eigenvalue weighted by molar-refractivity contribution is 5.90. The average Bonchev–Trinajstić information content (AvgIpc) is 3.10. The van der Waals surface area contributed by atoms with Gasteiger partial charge in [0.15, 0.2) is 0 Å². The minimum Gasteiger partial charge on any atom is -0.456 e. The molecule has 4 unspecified atom stereocenters. The van der Waals surface area contributed by atoms with Crippen molar-refractivity contribution in [3.63, 3.8) is 0 Å². The van der Waals surface area contributed by atoms with Crippen LogP contribution in [-0.4, -0.2) is 22.8 Å². The molecule has 0 amide bonds. The summed E-state index contributed by atoms with van der Waals surface area (Å²) >= 11 is 0. The molecular formula is C21H26O3. The van der Waals surface area contributed by atoms with Gasteiger partial charge < -0.3 is 9.84 Å². The van der Waals surface area contributed by atoms with Crippen LogP contribution in [0, 0.1) is 11.8 Å². The van der Waals surface area contributed by atoms with E-state index in [-0.39, 0.29) is 29.5 Å². The molecule has 2 saturated carbocycles. The largest absolute Gasteiger partial charge is 0.456 e. The van der Waals surface area contributed by atoms with Crippen LogP contribution in [0.25, 0.3) is 0 Å². The highest BCUT2D eigenvalue weighted by Crippen LogP contribution is 2.49.